The first-order chi connectivity index (χ1) is 26.4. The zero-order valence-corrected chi connectivity index (χ0v) is 35.1. The fourth-order valence-electron chi connectivity index (χ4n) is 8.04. The third kappa shape index (κ3) is 8.95. The standard InChI is InChI=1S/C39H50N2O13S3/c1-7-10-15-27(36(42)43)39(6)29-24-26(56(49,50)51)20-22-31(29)41(35(9-3)57(52,53)54)34(39)18-14-12-13-17-33-38(4,5)28-23-25(55(46,47)48)19-21-30(28)40(33)32(37(44)45)16-11-8-2/h12-14,17-24,27,32,35H,7-11,15-16H2,1-6H3,(H4-,42,43,44,45,46,47,48,49,50,51,52,53,54)/p+1. The average molecular weight is 852 g/mol. The van der Waals surface area contributed by atoms with E-state index in [4.69, 9.17) is 0 Å². The van der Waals surface area contributed by atoms with Crippen LogP contribution in [0.1, 0.15) is 97.6 Å². The minimum Gasteiger partial charge on any atom is -0.481 e. The highest BCUT2D eigenvalue weighted by molar-refractivity contribution is 7.86. The third-order valence-corrected chi connectivity index (χ3v) is 13.9. The molecule has 2 aliphatic rings. The number of anilines is 1. The van der Waals surface area contributed by atoms with Gasteiger partial charge in [0.05, 0.1) is 21.1 Å². The highest BCUT2D eigenvalue weighted by atomic mass is 32.2. The van der Waals surface area contributed by atoms with E-state index in [-0.39, 0.29) is 41.1 Å². The molecule has 4 rings (SSSR count). The number of rotatable bonds is 18. The Bertz CT molecular complexity index is 2380. The predicted molar refractivity (Wildman–Crippen MR) is 214 cm³/mol. The number of unbranched alkanes of at least 4 members (excludes halogenated alkanes) is 2. The van der Waals surface area contributed by atoms with Gasteiger partial charge in [-0.05, 0) is 82.0 Å². The largest absolute Gasteiger partial charge is 0.481 e. The number of hydrogen-bond acceptors (Lipinski definition) is 9. The van der Waals surface area contributed by atoms with E-state index in [2.05, 4.69) is 0 Å². The van der Waals surface area contributed by atoms with Crippen LogP contribution in [0.25, 0.3) is 0 Å². The van der Waals surface area contributed by atoms with Crippen LogP contribution < -0.4 is 4.90 Å². The average Bonchev–Trinajstić information content (AvgIpc) is 3.47. The van der Waals surface area contributed by atoms with Crippen LogP contribution in [0.15, 0.2) is 82.3 Å². The van der Waals surface area contributed by atoms with Gasteiger partial charge in [-0.15, -0.1) is 0 Å². The molecule has 0 aliphatic carbocycles. The van der Waals surface area contributed by atoms with Gasteiger partial charge >= 0.3 is 11.9 Å². The van der Waals surface area contributed by atoms with Crippen LogP contribution in [0.5, 0.6) is 0 Å². The second kappa shape index (κ2) is 17.0. The fraction of sp³-hybridized carbons (Fsp3) is 0.462. The smallest absolute Gasteiger partial charge is 0.373 e. The van der Waals surface area contributed by atoms with E-state index in [1.165, 1.54) is 48.2 Å². The first kappa shape index (κ1) is 45.5. The van der Waals surface area contributed by atoms with Crippen LogP contribution in [0, 0.1) is 5.92 Å². The lowest BCUT2D eigenvalue weighted by Gasteiger charge is -2.37. The van der Waals surface area contributed by atoms with Crippen LogP contribution in [0.3, 0.4) is 0 Å². The van der Waals surface area contributed by atoms with Gasteiger partial charge in [-0.25, -0.2) is 4.79 Å². The van der Waals surface area contributed by atoms with E-state index in [1.807, 2.05) is 13.8 Å². The molecule has 2 aliphatic heterocycles. The molecule has 0 amide bonds. The van der Waals surface area contributed by atoms with Crippen LogP contribution in [0.2, 0.25) is 0 Å². The molecule has 0 saturated carbocycles. The Morgan fingerprint density at radius 3 is 1.84 bits per heavy atom. The molecule has 0 saturated heterocycles. The summed E-state index contributed by atoms with van der Waals surface area (Å²) in [6, 6.07) is 6.40. The van der Waals surface area contributed by atoms with Gasteiger partial charge in [0.25, 0.3) is 36.4 Å². The molecule has 4 atom stereocenters. The summed E-state index contributed by atoms with van der Waals surface area (Å²) in [7, 11) is -14.2. The number of nitrogens with zero attached hydrogens (tertiary/aromatic N) is 2. The molecule has 15 nitrogen and oxygen atoms in total. The van der Waals surface area contributed by atoms with Crippen molar-refractivity contribution >= 4 is 59.4 Å². The maximum Gasteiger partial charge on any atom is 0.373 e. The molecule has 18 heteroatoms. The summed E-state index contributed by atoms with van der Waals surface area (Å²) in [6.45, 7) is 10.4. The number of aliphatic carboxylic acids is 2. The summed E-state index contributed by atoms with van der Waals surface area (Å²) >= 11 is 0. The second-order valence-electron chi connectivity index (χ2n) is 15.0. The van der Waals surface area contributed by atoms with E-state index in [0.717, 1.165) is 12.1 Å². The summed E-state index contributed by atoms with van der Waals surface area (Å²) < 4.78 is 106. The molecule has 2 aromatic rings. The Labute approximate surface area is 334 Å². The van der Waals surface area contributed by atoms with Crippen LogP contribution in [0.4, 0.5) is 11.4 Å². The van der Waals surface area contributed by atoms with Crippen molar-refractivity contribution in [1.29, 1.82) is 0 Å². The molecule has 4 unspecified atom stereocenters. The first-order valence-corrected chi connectivity index (χ1v) is 22.9. The Morgan fingerprint density at radius 2 is 1.33 bits per heavy atom. The van der Waals surface area contributed by atoms with E-state index in [9.17, 15) is 58.7 Å². The summed E-state index contributed by atoms with van der Waals surface area (Å²) in [5, 5.41) is 19.4. The molecule has 0 bridgehead atoms. The van der Waals surface area contributed by atoms with Crippen molar-refractivity contribution in [3.8, 4) is 0 Å². The van der Waals surface area contributed by atoms with E-state index < -0.39 is 75.4 Å². The van der Waals surface area contributed by atoms with Gasteiger partial charge in [0, 0.05) is 40.9 Å². The quantitative estimate of drug-likeness (QED) is 0.0612. The number of benzene rings is 2. The summed E-state index contributed by atoms with van der Waals surface area (Å²) in [5.74, 6) is -3.56. The van der Waals surface area contributed by atoms with Gasteiger partial charge in [0.1, 0.15) is 0 Å². The van der Waals surface area contributed by atoms with Crippen molar-refractivity contribution in [2.45, 2.75) is 119 Å². The van der Waals surface area contributed by atoms with Gasteiger partial charge in [0.2, 0.25) is 5.69 Å². The van der Waals surface area contributed by atoms with Gasteiger partial charge in [-0.1, -0.05) is 58.3 Å². The van der Waals surface area contributed by atoms with Crippen molar-refractivity contribution < 1.29 is 63.3 Å². The minimum absolute atomic E-state index is 0.112. The number of carbonyl (C=O) groups is 2. The van der Waals surface area contributed by atoms with Gasteiger partial charge < -0.3 is 15.1 Å². The number of hydrogen-bond donors (Lipinski definition) is 5. The lowest BCUT2D eigenvalue weighted by molar-refractivity contribution is -0.471. The second-order valence-corrected chi connectivity index (χ2v) is 19.4. The number of allylic oxidation sites excluding steroid dienone is 6. The summed E-state index contributed by atoms with van der Waals surface area (Å²) in [4.78, 5) is 26.1. The maximum absolute atomic E-state index is 13.0. The predicted octanol–water partition coefficient (Wildman–Crippen LogP) is 6.49. The topological polar surface area (TPSA) is 244 Å². The normalized spacial score (nSPS) is 20.6. The van der Waals surface area contributed by atoms with Gasteiger partial charge in [-0.2, -0.15) is 29.8 Å². The van der Waals surface area contributed by atoms with E-state index in [1.54, 1.807) is 43.6 Å². The fourth-order valence-corrected chi connectivity index (χ4v) is 9.97. The molecular weight excluding hydrogens is 801 g/mol. The highest BCUT2D eigenvalue weighted by Crippen LogP contribution is 2.55. The molecule has 2 heterocycles. The molecule has 0 aromatic heterocycles. The monoisotopic (exact) mass is 851 g/mol. The van der Waals surface area contributed by atoms with Crippen molar-refractivity contribution in [3.05, 3.63) is 83.6 Å². The third-order valence-electron chi connectivity index (χ3n) is 11.0. The lowest BCUT2D eigenvalue weighted by atomic mass is 9.69. The van der Waals surface area contributed by atoms with Crippen LogP contribution in [-0.4, -0.2) is 82.8 Å². The SMILES string of the molecule is CCCCC(C(=O)O)[N+]1=C(/C=C/C=C/C=C2\N(C(CC)S(=O)(=O)O)c3ccc(S(=O)(=O)O)cc3C2(C)C(CCCC)C(=O)O)C(C)(C)c2cc(S(=O)(=O)O)ccc21. The van der Waals surface area contributed by atoms with Crippen molar-refractivity contribution in [2.75, 3.05) is 4.90 Å². The zero-order valence-electron chi connectivity index (χ0n) is 32.7. The Hall–Kier alpha value is -4.20. The molecular formula is C39H51N2O13S3+. The molecule has 0 spiro atoms. The summed E-state index contributed by atoms with van der Waals surface area (Å²) in [5.41, 5.74) is -0.797. The molecule has 0 fully saturated rings. The highest BCUT2D eigenvalue weighted by Gasteiger charge is 2.54. The Kier molecular flexibility index (Phi) is 13.5. The molecule has 312 valence electrons. The molecule has 57 heavy (non-hydrogen) atoms. The first-order valence-electron chi connectivity index (χ1n) is 18.6. The lowest BCUT2D eigenvalue weighted by Crippen LogP contribution is -2.44. The van der Waals surface area contributed by atoms with Gasteiger partial charge in [0.15, 0.2) is 11.1 Å². The number of fused-ring (bicyclic) bond motifs is 2. The number of carboxylic acids is 2. The Balaban J connectivity index is 1.97. The minimum atomic E-state index is -4.83. The molecule has 0 radical (unpaired) electrons. The van der Waals surface area contributed by atoms with Crippen molar-refractivity contribution in [3.63, 3.8) is 0 Å². The maximum atomic E-state index is 13.0. The Morgan fingerprint density at radius 1 is 0.772 bits per heavy atom. The molecule has 2 aromatic carbocycles. The van der Waals surface area contributed by atoms with Crippen LogP contribution in [-0.2, 0) is 50.8 Å². The zero-order chi connectivity index (χ0) is 42.9. The van der Waals surface area contributed by atoms with E-state index >= 15 is 0 Å². The molecule has 5 N–H and O–H groups in total. The number of carboxylic acid groups (broad SMARTS) is 2. The van der Waals surface area contributed by atoms with Gasteiger partial charge in [-0.3, -0.25) is 18.5 Å². The van der Waals surface area contributed by atoms with Crippen LogP contribution >= 0.6 is 0 Å². The summed E-state index contributed by atoms with van der Waals surface area (Å²) in [6.07, 6.45) is 10.3. The van der Waals surface area contributed by atoms with Crippen molar-refractivity contribution in [2.24, 2.45) is 5.92 Å². The van der Waals surface area contributed by atoms with Crippen molar-refractivity contribution in [1.82, 2.24) is 0 Å². The van der Waals surface area contributed by atoms with E-state index in [0.29, 0.717) is 42.6 Å².